The fourth-order valence-corrected chi connectivity index (χ4v) is 7.05. The number of carbonyl (C=O) groups is 1. The Morgan fingerprint density at radius 3 is 1.20 bits per heavy atom. The van der Waals surface area contributed by atoms with Crippen LogP contribution in [0.15, 0.2) is 94.7 Å². The zero-order valence-electron chi connectivity index (χ0n) is 22.3. The third-order valence-electron chi connectivity index (χ3n) is 5.99. The largest absolute Gasteiger partial charge is 0.377 e. The predicted octanol–water partition coefficient (Wildman–Crippen LogP) is 6.10. The van der Waals surface area contributed by atoms with Gasteiger partial charge in [0, 0.05) is 0 Å². The van der Waals surface area contributed by atoms with Gasteiger partial charge in [0.15, 0.2) is 11.5 Å². The van der Waals surface area contributed by atoms with Crippen molar-refractivity contribution < 1.29 is 30.0 Å². The van der Waals surface area contributed by atoms with Crippen molar-refractivity contribution in [1.82, 2.24) is 0 Å². The van der Waals surface area contributed by atoms with E-state index in [0.717, 1.165) is 0 Å². The molecular weight excluding hydrogens is 552 g/mol. The quantitative estimate of drug-likeness (QED) is 0.241. The zero-order chi connectivity index (χ0) is 29.1. The average molecular weight is 581 g/mol. The van der Waals surface area contributed by atoms with E-state index in [1.165, 1.54) is 24.3 Å². The van der Waals surface area contributed by atoms with Gasteiger partial charge in [0.05, 0.1) is 11.4 Å². The molecule has 0 aliphatic carbocycles. The summed E-state index contributed by atoms with van der Waals surface area (Å²) in [6.07, 6.45) is 0. The normalized spacial score (nSPS) is 11.5. The standard InChI is InChI=1S/C29H28N2O7S2/c1-19-11-9-12-20(2)27(19)39(33,34)37-25-17-7-5-15-23(25)30-29(32)31-24-16-6-8-18-26(24)38-40(35,36)28-21(3)13-10-14-22(28)4/h5-18H,1-4H3,(H2,30,31,32). The number of hydrogen-bond acceptors (Lipinski definition) is 7. The van der Waals surface area contributed by atoms with E-state index in [1.807, 2.05) is 0 Å². The van der Waals surface area contributed by atoms with Crippen molar-refractivity contribution in [2.24, 2.45) is 0 Å². The van der Waals surface area contributed by atoms with E-state index in [0.29, 0.717) is 22.3 Å². The van der Waals surface area contributed by atoms with Crippen molar-refractivity contribution in [3.8, 4) is 11.5 Å². The highest BCUT2D eigenvalue weighted by molar-refractivity contribution is 7.87. The monoisotopic (exact) mass is 580 g/mol. The Balaban J connectivity index is 1.56. The number of benzene rings is 4. The Kier molecular flexibility index (Phi) is 8.17. The molecule has 0 atom stereocenters. The molecular formula is C29H28N2O7S2. The smallest absolute Gasteiger partial charge is 0.339 e. The molecule has 0 radical (unpaired) electrons. The molecule has 0 heterocycles. The molecule has 4 rings (SSSR count). The molecule has 9 nitrogen and oxygen atoms in total. The number of anilines is 2. The SMILES string of the molecule is Cc1cccc(C)c1S(=O)(=O)Oc1ccccc1NC(=O)Nc1ccccc1OS(=O)(=O)c1c(C)cccc1C. The fraction of sp³-hybridized carbons (Fsp3) is 0.138. The number of amides is 2. The molecule has 0 saturated carbocycles. The molecule has 0 bridgehead atoms. The second kappa shape index (κ2) is 11.4. The van der Waals surface area contributed by atoms with Crippen LogP contribution in [0.4, 0.5) is 16.2 Å². The van der Waals surface area contributed by atoms with Crippen molar-refractivity contribution in [3.63, 3.8) is 0 Å². The van der Waals surface area contributed by atoms with Crippen LogP contribution in [0.3, 0.4) is 0 Å². The summed E-state index contributed by atoms with van der Waals surface area (Å²) in [6, 6.07) is 21.5. The topological polar surface area (TPSA) is 128 Å². The second-order valence-electron chi connectivity index (χ2n) is 9.09. The molecule has 0 aliphatic heterocycles. The average Bonchev–Trinajstić information content (AvgIpc) is 2.85. The van der Waals surface area contributed by atoms with E-state index in [9.17, 15) is 21.6 Å². The Morgan fingerprint density at radius 1 is 0.525 bits per heavy atom. The minimum atomic E-state index is -4.21. The summed E-state index contributed by atoms with van der Waals surface area (Å²) >= 11 is 0. The van der Waals surface area contributed by atoms with Crippen molar-refractivity contribution in [2.75, 3.05) is 10.6 Å². The van der Waals surface area contributed by atoms with Crippen molar-refractivity contribution in [2.45, 2.75) is 37.5 Å². The van der Waals surface area contributed by atoms with E-state index in [4.69, 9.17) is 8.37 Å². The zero-order valence-corrected chi connectivity index (χ0v) is 23.9. The maximum Gasteiger partial charge on any atom is 0.339 e. The first-order chi connectivity index (χ1) is 18.9. The number of para-hydroxylation sites is 4. The van der Waals surface area contributed by atoms with Crippen LogP contribution in [0.2, 0.25) is 0 Å². The number of rotatable bonds is 8. The lowest BCUT2D eigenvalue weighted by molar-refractivity contribution is 0.262. The van der Waals surface area contributed by atoms with Crippen molar-refractivity contribution in [3.05, 3.63) is 107 Å². The third-order valence-corrected chi connectivity index (χ3v) is 9.07. The molecule has 11 heteroatoms. The summed E-state index contributed by atoms with van der Waals surface area (Å²) in [5.74, 6) is -0.190. The first kappa shape index (κ1) is 28.7. The minimum absolute atomic E-state index is 0.0467. The van der Waals surface area contributed by atoms with E-state index in [-0.39, 0.29) is 32.7 Å². The molecule has 0 aromatic heterocycles. The summed E-state index contributed by atoms with van der Waals surface area (Å²) in [4.78, 5) is 13.0. The van der Waals surface area contributed by atoms with E-state index >= 15 is 0 Å². The van der Waals surface area contributed by atoms with Gasteiger partial charge in [-0.25, -0.2) is 4.79 Å². The molecule has 4 aromatic carbocycles. The highest BCUT2D eigenvalue weighted by Crippen LogP contribution is 2.32. The van der Waals surface area contributed by atoms with Gasteiger partial charge in [-0.05, 0) is 74.2 Å². The number of urea groups is 1. The van der Waals surface area contributed by atoms with Gasteiger partial charge in [-0.15, -0.1) is 0 Å². The lowest BCUT2D eigenvalue weighted by Crippen LogP contribution is -2.22. The highest BCUT2D eigenvalue weighted by Gasteiger charge is 2.25. The minimum Gasteiger partial charge on any atom is -0.377 e. The van der Waals surface area contributed by atoms with Gasteiger partial charge in [0.1, 0.15) is 9.79 Å². The number of carbonyl (C=O) groups excluding carboxylic acids is 1. The molecule has 0 saturated heterocycles. The molecule has 0 fully saturated rings. The van der Waals surface area contributed by atoms with Crippen LogP contribution in [0.5, 0.6) is 11.5 Å². The molecule has 0 unspecified atom stereocenters. The van der Waals surface area contributed by atoms with E-state index in [2.05, 4.69) is 10.6 Å². The van der Waals surface area contributed by atoms with Crippen molar-refractivity contribution in [1.29, 1.82) is 0 Å². The first-order valence-electron chi connectivity index (χ1n) is 12.2. The number of hydrogen-bond donors (Lipinski definition) is 2. The maximum atomic E-state index is 13.1. The summed E-state index contributed by atoms with van der Waals surface area (Å²) < 4.78 is 63.2. The van der Waals surface area contributed by atoms with Gasteiger partial charge in [-0.1, -0.05) is 60.7 Å². The third kappa shape index (κ3) is 6.27. The second-order valence-corrected chi connectivity index (χ2v) is 12.1. The maximum absolute atomic E-state index is 13.1. The number of aryl methyl sites for hydroxylation is 4. The Hall–Kier alpha value is -4.35. The molecule has 0 aliphatic rings. The molecule has 2 N–H and O–H groups in total. The molecule has 2 amide bonds. The highest BCUT2D eigenvalue weighted by atomic mass is 32.2. The number of nitrogens with one attached hydrogen (secondary N) is 2. The Morgan fingerprint density at radius 2 is 0.850 bits per heavy atom. The van der Waals surface area contributed by atoms with Crippen molar-refractivity contribution >= 4 is 37.6 Å². The lowest BCUT2D eigenvalue weighted by Gasteiger charge is -2.16. The Bertz CT molecular complexity index is 1630. The van der Waals surface area contributed by atoms with Gasteiger partial charge >= 0.3 is 26.3 Å². The van der Waals surface area contributed by atoms with Crippen LogP contribution < -0.4 is 19.0 Å². The van der Waals surface area contributed by atoms with E-state index in [1.54, 1.807) is 88.4 Å². The fourth-order valence-electron chi connectivity index (χ4n) is 4.27. The Labute approximate surface area is 234 Å². The van der Waals surface area contributed by atoms with Gasteiger partial charge in [0.25, 0.3) is 0 Å². The first-order valence-corrected chi connectivity index (χ1v) is 15.0. The molecule has 208 valence electrons. The molecule has 40 heavy (non-hydrogen) atoms. The van der Waals surface area contributed by atoms with Gasteiger partial charge in [-0.3, -0.25) is 0 Å². The van der Waals surface area contributed by atoms with Gasteiger partial charge in [-0.2, -0.15) is 16.8 Å². The molecule has 0 spiro atoms. The summed E-state index contributed by atoms with van der Waals surface area (Å²) in [5, 5.41) is 5.12. The van der Waals surface area contributed by atoms with E-state index < -0.39 is 26.3 Å². The van der Waals surface area contributed by atoms with Crippen LogP contribution in [0.1, 0.15) is 22.3 Å². The van der Waals surface area contributed by atoms with Gasteiger partial charge in [0.2, 0.25) is 0 Å². The molecule has 4 aromatic rings. The van der Waals surface area contributed by atoms with Crippen LogP contribution in [0.25, 0.3) is 0 Å². The van der Waals surface area contributed by atoms with Crippen LogP contribution in [0, 0.1) is 27.7 Å². The summed E-state index contributed by atoms with van der Waals surface area (Å²) in [5.41, 5.74) is 2.25. The lowest BCUT2D eigenvalue weighted by atomic mass is 10.2. The van der Waals surface area contributed by atoms with Gasteiger partial charge < -0.3 is 19.0 Å². The van der Waals surface area contributed by atoms with Crippen LogP contribution in [-0.2, 0) is 20.2 Å². The summed E-state index contributed by atoms with van der Waals surface area (Å²) in [6.45, 7) is 6.67. The summed E-state index contributed by atoms with van der Waals surface area (Å²) in [7, 11) is -8.42. The predicted molar refractivity (Wildman–Crippen MR) is 153 cm³/mol. The van der Waals surface area contributed by atoms with Crippen LogP contribution in [-0.4, -0.2) is 22.9 Å². The van der Waals surface area contributed by atoms with Crippen LogP contribution >= 0.6 is 0 Å².